The van der Waals surface area contributed by atoms with Gasteiger partial charge < -0.3 is 15.2 Å². The van der Waals surface area contributed by atoms with Gasteiger partial charge in [-0.25, -0.2) is 9.48 Å². The lowest BCUT2D eigenvalue weighted by atomic mass is 10.1. The Bertz CT molecular complexity index is 1090. The van der Waals surface area contributed by atoms with Crippen LogP contribution in [-0.4, -0.2) is 33.4 Å². The van der Waals surface area contributed by atoms with E-state index in [-0.39, 0.29) is 16.5 Å². The van der Waals surface area contributed by atoms with Crippen LogP contribution in [0.15, 0.2) is 53.3 Å². The first kappa shape index (κ1) is 19.1. The summed E-state index contributed by atoms with van der Waals surface area (Å²) in [6, 6.07) is 12.1. The molecule has 0 radical (unpaired) electrons. The summed E-state index contributed by atoms with van der Waals surface area (Å²) in [6.45, 7) is 3.89. The number of ether oxygens (including phenoxy) is 1. The molecule has 1 aromatic heterocycles. The number of aromatic nitrogens is 2. The van der Waals surface area contributed by atoms with Gasteiger partial charge in [-0.15, -0.1) is 0 Å². The zero-order chi connectivity index (χ0) is 20.3. The number of rotatable bonds is 6. The van der Waals surface area contributed by atoms with Crippen LogP contribution in [-0.2, 0) is 4.79 Å². The van der Waals surface area contributed by atoms with E-state index < -0.39 is 23.5 Å². The summed E-state index contributed by atoms with van der Waals surface area (Å²) >= 11 is 0. The third-order valence-electron chi connectivity index (χ3n) is 4.21. The number of anilines is 1. The van der Waals surface area contributed by atoms with Crippen molar-refractivity contribution in [2.24, 2.45) is 0 Å². The summed E-state index contributed by atoms with van der Waals surface area (Å²) in [5.41, 5.74) is -0.293. The maximum absolute atomic E-state index is 12.7. The van der Waals surface area contributed by atoms with Crippen molar-refractivity contribution in [1.82, 2.24) is 9.78 Å². The summed E-state index contributed by atoms with van der Waals surface area (Å²) < 4.78 is 6.25. The number of hydrogen-bond acceptors (Lipinski definition) is 5. The molecule has 0 fully saturated rings. The van der Waals surface area contributed by atoms with Crippen LogP contribution in [0.3, 0.4) is 0 Å². The Morgan fingerprint density at radius 1 is 1.14 bits per heavy atom. The lowest BCUT2D eigenvalue weighted by Crippen LogP contribution is -2.34. The van der Waals surface area contributed by atoms with Gasteiger partial charge in [0.2, 0.25) is 5.91 Å². The average molecular weight is 381 g/mol. The molecule has 8 nitrogen and oxygen atoms in total. The molecular formula is C20H19N3O5. The van der Waals surface area contributed by atoms with Crippen LogP contribution in [0.4, 0.5) is 5.69 Å². The maximum Gasteiger partial charge on any atom is 0.357 e. The minimum absolute atomic E-state index is 0.190. The molecule has 8 heteroatoms. The molecule has 0 saturated carbocycles. The van der Waals surface area contributed by atoms with Crippen LogP contribution >= 0.6 is 0 Å². The molecule has 1 atom stereocenters. The van der Waals surface area contributed by atoms with Crippen molar-refractivity contribution < 1.29 is 19.4 Å². The second-order valence-corrected chi connectivity index (χ2v) is 6.07. The number of benzene rings is 2. The fourth-order valence-electron chi connectivity index (χ4n) is 2.79. The summed E-state index contributed by atoms with van der Waals surface area (Å²) in [5.74, 6) is -1.10. The fraction of sp³-hybridized carbons (Fsp3) is 0.200. The Morgan fingerprint density at radius 2 is 1.79 bits per heavy atom. The van der Waals surface area contributed by atoms with Gasteiger partial charge >= 0.3 is 5.97 Å². The highest BCUT2D eigenvalue weighted by molar-refractivity contribution is 6.01. The van der Waals surface area contributed by atoms with E-state index >= 15 is 0 Å². The van der Waals surface area contributed by atoms with Gasteiger partial charge in [0.15, 0.2) is 5.69 Å². The van der Waals surface area contributed by atoms with Crippen LogP contribution in [0.25, 0.3) is 10.8 Å². The molecule has 0 saturated heterocycles. The number of nitrogens with zero attached hydrogens (tertiary/aromatic N) is 2. The van der Waals surface area contributed by atoms with Crippen molar-refractivity contribution in [3.63, 3.8) is 0 Å². The first-order valence-electron chi connectivity index (χ1n) is 8.71. The molecule has 0 aliphatic heterocycles. The lowest BCUT2D eigenvalue weighted by molar-refractivity contribution is -0.119. The highest BCUT2D eigenvalue weighted by Crippen LogP contribution is 2.18. The Labute approximate surface area is 160 Å². The van der Waals surface area contributed by atoms with Gasteiger partial charge in [0.05, 0.1) is 12.0 Å². The van der Waals surface area contributed by atoms with Crippen molar-refractivity contribution >= 4 is 28.3 Å². The summed E-state index contributed by atoms with van der Waals surface area (Å²) in [5, 5.41) is 16.5. The molecule has 1 heterocycles. The third kappa shape index (κ3) is 3.71. The molecule has 0 spiro atoms. The van der Waals surface area contributed by atoms with Crippen molar-refractivity contribution in [2.75, 3.05) is 11.9 Å². The lowest BCUT2D eigenvalue weighted by Gasteiger charge is -2.16. The van der Waals surface area contributed by atoms with E-state index in [2.05, 4.69) is 10.4 Å². The van der Waals surface area contributed by atoms with Gasteiger partial charge in [-0.05, 0) is 44.2 Å². The van der Waals surface area contributed by atoms with Gasteiger partial charge in [-0.2, -0.15) is 5.10 Å². The predicted molar refractivity (Wildman–Crippen MR) is 104 cm³/mol. The van der Waals surface area contributed by atoms with E-state index in [4.69, 9.17) is 4.74 Å². The van der Waals surface area contributed by atoms with Gasteiger partial charge in [0.25, 0.3) is 5.56 Å². The van der Waals surface area contributed by atoms with Gasteiger partial charge in [0.1, 0.15) is 11.8 Å². The van der Waals surface area contributed by atoms with Crippen LogP contribution in [0, 0.1) is 0 Å². The zero-order valence-corrected chi connectivity index (χ0v) is 15.4. The van der Waals surface area contributed by atoms with Crippen LogP contribution in [0.1, 0.15) is 30.4 Å². The largest absolute Gasteiger partial charge is 0.494 e. The maximum atomic E-state index is 12.7. The summed E-state index contributed by atoms with van der Waals surface area (Å²) in [4.78, 5) is 36.9. The molecule has 0 aliphatic rings. The SMILES string of the molecule is CCOc1ccc(NC(=O)C(C)n2nc(C(=O)O)c3ccccc3c2=O)cc1. The van der Waals surface area contributed by atoms with Crippen LogP contribution in [0.2, 0.25) is 0 Å². The average Bonchev–Trinajstić information content (AvgIpc) is 2.69. The molecule has 3 rings (SSSR count). The third-order valence-corrected chi connectivity index (χ3v) is 4.21. The summed E-state index contributed by atoms with van der Waals surface area (Å²) in [6.07, 6.45) is 0. The normalized spacial score (nSPS) is 11.8. The number of aromatic carboxylic acids is 1. The fourth-order valence-corrected chi connectivity index (χ4v) is 2.79. The van der Waals surface area contributed by atoms with E-state index in [0.29, 0.717) is 18.0 Å². The van der Waals surface area contributed by atoms with E-state index in [1.54, 1.807) is 36.4 Å². The molecule has 3 aromatic rings. The number of hydrogen-bond donors (Lipinski definition) is 2. The first-order valence-corrected chi connectivity index (χ1v) is 8.71. The number of nitrogens with one attached hydrogen (secondary N) is 1. The molecule has 2 N–H and O–H groups in total. The molecule has 1 amide bonds. The monoisotopic (exact) mass is 381 g/mol. The topological polar surface area (TPSA) is 111 Å². The Morgan fingerprint density at radius 3 is 2.39 bits per heavy atom. The number of amides is 1. The molecular weight excluding hydrogens is 362 g/mol. The quantitative estimate of drug-likeness (QED) is 0.679. The number of carbonyl (C=O) groups excluding carboxylic acids is 1. The number of carboxylic acid groups (broad SMARTS) is 1. The molecule has 28 heavy (non-hydrogen) atoms. The first-order chi connectivity index (χ1) is 13.4. The number of fused-ring (bicyclic) bond motifs is 1. The predicted octanol–water partition coefficient (Wildman–Crippen LogP) is 2.69. The van der Waals surface area contributed by atoms with E-state index in [9.17, 15) is 19.5 Å². The van der Waals surface area contributed by atoms with Crippen LogP contribution < -0.4 is 15.6 Å². The minimum Gasteiger partial charge on any atom is -0.494 e. The Balaban J connectivity index is 1.93. The smallest absolute Gasteiger partial charge is 0.357 e. The van der Waals surface area contributed by atoms with Gasteiger partial charge in [-0.3, -0.25) is 9.59 Å². The molecule has 144 valence electrons. The number of carbonyl (C=O) groups is 2. The molecule has 0 aliphatic carbocycles. The van der Waals surface area contributed by atoms with Gasteiger partial charge in [0, 0.05) is 11.1 Å². The minimum atomic E-state index is -1.27. The van der Waals surface area contributed by atoms with E-state index in [1.165, 1.54) is 19.1 Å². The van der Waals surface area contributed by atoms with E-state index in [1.807, 2.05) is 6.92 Å². The second kappa shape index (κ2) is 7.91. The molecule has 1 unspecified atom stereocenters. The van der Waals surface area contributed by atoms with Crippen molar-refractivity contribution in [2.45, 2.75) is 19.9 Å². The number of carboxylic acids is 1. The van der Waals surface area contributed by atoms with Crippen LogP contribution in [0.5, 0.6) is 5.75 Å². The Hall–Kier alpha value is -3.68. The molecule has 2 aromatic carbocycles. The second-order valence-electron chi connectivity index (χ2n) is 6.07. The zero-order valence-electron chi connectivity index (χ0n) is 15.4. The van der Waals surface area contributed by atoms with Crippen molar-refractivity contribution in [1.29, 1.82) is 0 Å². The van der Waals surface area contributed by atoms with E-state index in [0.717, 1.165) is 4.68 Å². The van der Waals surface area contributed by atoms with Crippen molar-refractivity contribution in [3.8, 4) is 5.75 Å². The van der Waals surface area contributed by atoms with Crippen molar-refractivity contribution in [3.05, 3.63) is 64.6 Å². The highest BCUT2D eigenvalue weighted by atomic mass is 16.5. The Kier molecular flexibility index (Phi) is 5.39. The summed E-state index contributed by atoms with van der Waals surface area (Å²) in [7, 11) is 0. The highest BCUT2D eigenvalue weighted by Gasteiger charge is 2.22. The molecule has 0 bridgehead atoms. The van der Waals surface area contributed by atoms with Gasteiger partial charge in [-0.1, -0.05) is 18.2 Å². The standard InChI is InChI=1S/C20H19N3O5/c1-3-28-14-10-8-13(9-11-14)21-18(24)12(2)23-19(25)16-7-5-4-6-15(16)17(22-23)20(26)27/h4-12H,3H2,1-2H3,(H,21,24)(H,26,27).